The molecule has 1 unspecified atom stereocenters. The summed E-state index contributed by atoms with van der Waals surface area (Å²) in [6.45, 7) is 0. The van der Waals surface area contributed by atoms with Crippen LogP contribution >= 0.6 is 27.5 Å². The number of rotatable bonds is 3. The van der Waals surface area contributed by atoms with Crippen molar-refractivity contribution in [2.45, 2.75) is 4.83 Å². The Labute approximate surface area is 127 Å². The van der Waals surface area contributed by atoms with Crippen molar-refractivity contribution in [3.8, 4) is 5.75 Å². The van der Waals surface area contributed by atoms with Gasteiger partial charge in [0.15, 0.2) is 17.5 Å². The van der Waals surface area contributed by atoms with Gasteiger partial charge in [0, 0.05) is 5.02 Å². The van der Waals surface area contributed by atoms with Gasteiger partial charge in [-0.15, -0.1) is 0 Å². The lowest BCUT2D eigenvalue weighted by Crippen LogP contribution is -1.99. The van der Waals surface area contributed by atoms with Crippen molar-refractivity contribution in [1.82, 2.24) is 0 Å². The topological polar surface area (TPSA) is 9.23 Å². The highest BCUT2D eigenvalue weighted by Gasteiger charge is 2.19. The second-order valence-electron chi connectivity index (χ2n) is 4.05. The van der Waals surface area contributed by atoms with Crippen LogP contribution in [0, 0.1) is 17.5 Å². The summed E-state index contributed by atoms with van der Waals surface area (Å²) < 4.78 is 44.5. The molecule has 0 radical (unpaired) electrons. The van der Waals surface area contributed by atoms with Crippen LogP contribution in [0.25, 0.3) is 0 Å². The van der Waals surface area contributed by atoms with E-state index >= 15 is 0 Å². The molecule has 0 N–H and O–H groups in total. The number of benzene rings is 2. The van der Waals surface area contributed by atoms with E-state index in [1.54, 1.807) is 18.2 Å². The van der Waals surface area contributed by atoms with Gasteiger partial charge in [-0.1, -0.05) is 33.6 Å². The Kier molecular flexibility index (Phi) is 4.60. The van der Waals surface area contributed by atoms with E-state index in [4.69, 9.17) is 16.3 Å². The van der Waals surface area contributed by atoms with E-state index < -0.39 is 22.3 Å². The minimum Gasteiger partial charge on any atom is -0.497 e. The van der Waals surface area contributed by atoms with Crippen molar-refractivity contribution in [2.24, 2.45) is 0 Å². The molecule has 1 nitrogen and oxygen atoms in total. The summed E-state index contributed by atoms with van der Waals surface area (Å²) in [5.74, 6) is -3.41. The number of halogens is 5. The zero-order chi connectivity index (χ0) is 14.9. The molecule has 0 aromatic heterocycles. The van der Waals surface area contributed by atoms with Crippen LogP contribution in [-0.4, -0.2) is 7.11 Å². The van der Waals surface area contributed by atoms with E-state index in [2.05, 4.69) is 15.9 Å². The first-order valence-corrected chi connectivity index (χ1v) is 6.85. The minimum absolute atomic E-state index is 0.230. The predicted molar refractivity (Wildman–Crippen MR) is 75.1 cm³/mol. The lowest BCUT2D eigenvalue weighted by molar-refractivity contribution is 0.414. The molecule has 0 spiro atoms. The molecule has 0 heterocycles. The number of hydrogen-bond acceptors (Lipinski definition) is 1. The highest BCUT2D eigenvalue weighted by Crippen LogP contribution is 2.37. The van der Waals surface area contributed by atoms with Gasteiger partial charge in [0.05, 0.1) is 11.9 Å². The third kappa shape index (κ3) is 2.94. The molecular weight excluding hydrogens is 357 g/mol. The van der Waals surface area contributed by atoms with Crippen LogP contribution in [0.5, 0.6) is 5.75 Å². The number of methoxy groups -OCH3 is 1. The second-order valence-corrected chi connectivity index (χ2v) is 5.37. The van der Waals surface area contributed by atoms with Gasteiger partial charge < -0.3 is 4.74 Å². The Morgan fingerprint density at radius 3 is 2.20 bits per heavy atom. The van der Waals surface area contributed by atoms with E-state index in [-0.39, 0.29) is 5.56 Å². The van der Waals surface area contributed by atoms with Gasteiger partial charge in [-0.05, 0) is 35.4 Å². The maximum Gasteiger partial charge on any atom is 0.194 e. The van der Waals surface area contributed by atoms with Crippen molar-refractivity contribution in [1.29, 1.82) is 0 Å². The molecule has 2 aromatic carbocycles. The molecule has 2 rings (SSSR count). The zero-order valence-electron chi connectivity index (χ0n) is 10.3. The Hall–Kier alpha value is -1.20. The molecule has 0 aliphatic carbocycles. The first kappa shape index (κ1) is 15.2. The molecule has 0 amide bonds. The summed E-state index contributed by atoms with van der Waals surface area (Å²) in [6, 6.07) is 6.78. The summed E-state index contributed by atoms with van der Waals surface area (Å²) in [4.78, 5) is -0.564. The standard InChI is InChI=1S/C14H9BrClF3O/c1-20-8-2-3-9(10(16)6-8)13(15)7-4-11(17)14(19)12(18)5-7/h2-6,13H,1H3. The Morgan fingerprint density at radius 2 is 1.70 bits per heavy atom. The van der Waals surface area contributed by atoms with Crippen LogP contribution in [0.4, 0.5) is 13.2 Å². The van der Waals surface area contributed by atoms with Gasteiger partial charge in [-0.25, -0.2) is 13.2 Å². The lowest BCUT2D eigenvalue weighted by atomic mass is 10.0. The molecule has 0 aliphatic rings. The molecule has 0 fully saturated rings. The van der Waals surface area contributed by atoms with Crippen molar-refractivity contribution >= 4 is 27.5 Å². The molecule has 0 aliphatic heterocycles. The van der Waals surface area contributed by atoms with E-state index in [0.717, 1.165) is 12.1 Å². The van der Waals surface area contributed by atoms with Crippen LogP contribution in [0.2, 0.25) is 5.02 Å². The Balaban J connectivity index is 2.43. The summed E-state index contributed by atoms with van der Waals surface area (Å²) in [6.07, 6.45) is 0. The van der Waals surface area contributed by atoms with Gasteiger partial charge in [-0.2, -0.15) is 0 Å². The average Bonchev–Trinajstić information content (AvgIpc) is 2.43. The number of alkyl halides is 1. The summed E-state index contributed by atoms with van der Waals surface area (Å²) in [5, 5.41) is 0.372. The number of ether oxygens (including phenoxy) is 1. The zero-order valence-corrected chi connectivity index (χ0v) is 12.6. The lowest BCUT2D eigenvalue weighted by Gasteiger charge is -2.14. The van der Waals surface area contributed by atoms with E-state index in [0.29, 0.717) is 16.3 Å². The fourth-order valence-electron chi connectivity index (χ4n) is 1.74. The van der Waals surface area contributed by atoms with Crippen LogP contribution in [-0.2, 0) is 0 Å². The molecule has 0 saturated carbocycles. The first-order chi connectivity index (χ1) is 9.43. The maximum atomic E-state index is 13.2. The largest absolute Gasteiger partial charge is 0.497 e. The third-order valence-electron chi connectivity index (χ3n) is 2.78. The molecule has 106 valence electrons. The molecular formula is C14H9BrClF3O. The van der Waals surface area contributed by atoms with Gasteiger partial charge >= 0.3 is 0 Å². The van der Waals surface area contributed by atoms with E-state index in [1.165, 1.54) is 7.11 Å². The van der Waals surface area contributed by atoms with E-state index in [9.17, 15) is 13.2 Å². The molecule has 20 heavy (non-hydrogen) atoms. The Morgan fingerprint density at radius 1 is 1.10 bits per heavy atom. The van der Waals surface area contributed by atoms with Crippen molar-refractivity contribution < 1.29 is 17.9 Å². The average molecular weight is 366 g/mol. The number of hydrogen-bond donors (Lipinski definition) is 0. The maximum absolute atomic E-state index is 13.2. The highest BCUT2D eigenvalue weighted by atomic mass is 79.9. The van der Waals surface area contributed by atoms with E-state index in [1.807, 2.05) is 0 Å². The smallest absolute Gasteiger partial charge is 0.194 e. The van der Waals surface area contributed by atoms with Gasteiger partial charge in [0.1, 0.15) is 5.75 Å². The fourth-order valence-corrected chi connectivity index (χ4v) is 2.82. The quantitative estimate of drug-likeness (QED) is 0.533. The van der Waals surface area contributed by atoms with Crippen molar-refractivity contribution in [3.63, 3.8) is 0 Å². The van der Waals surface area contributed by atoms with Crippen LogP contribution in [0.1, 0.15) is 16.0 Å². The minimum atomic E-state index is -1.49. The molecule has 2 aromatic rings. The summed E-state index contributed by atoms with van der Waals surface area (Å²) in [7, 11) is 1.50. The summed E-state index contributed by atoms with van der Waals surface area (Å²) in [5.41, 5.74) is 0.825. The third-order valence-corrected chi connectivity index (χ3v) is 4.13. The first-order valence-electron chi connectivity index (χ1n) is 5.56. The molecule has 1 atom stereocenters. The molecule has 6 heteroatoms. The fraction of sp³-hybridized carbons (Fsp3) is 0.143. The predicted octanol–water partition coefficient (Wildman–Crippen LogP) is 5.25. The van der Waals surface area contributed by atoms with Crippen LogP contribution in [0.15, 0.2) is 30.3 Å². The highest BCUT2D eigenvalue weighted by molar-refractivity contribution is 9.09. The summed E-state index contributed by atoms with van der Waals surface area (Å²) >= 11 is 9.40. The second kappa shape index (κ2) is 6.06. The van der Waals surface area contributed by atoms with Gasteiger partial charge in [0.2, 0.25) is 0 Å². The van der Waals surface area contributed by atoms with Crippen LogP contribution < -0.4 is 4.74 Å². The molecule has 0 bridgehead atoms. The van der Waals surface area contributed by atoms with Crippen molar-refractivity contribution in [2.75, 3.05) is 7.11 Å². The van der Waals surface area contributed by atoms with Gasteiger partial charge in [-0.3, -0.25) is 0 Å². The SMILES string of the molecule is COc1ccc(C(Br)c2cc(F)c(F)c(F)c2)c(Cl)c1. The molecule has 0 saturated heterocycles. The Bertz CT molecular complexity index is 625. The normalized spacial score (nSPS) is 12.3. The van der Waals surface area contributed by atoms with Crippen molar-refractivity contribution in [3.05, 3.63) is 63.9 Å². The van der Waals surface area contributed by atoms with Crippen LogP contribution in [0.3, 0.4) is 0 Å². The van der Waals surface area contributed by atoms with Gasteiger partial charge in [0.25, 0.3) is 0 Å². The monoisotopic (exact) mass is 364 g/mol.